The van der Waals surface area contributed by atoms with Gasteiger partial charge in [-0.25, -0.2) is 4.79 Å². The molecule has 0 saturated heterocycles. The molecule has 0 atom stereocenters. The average Bonchev–Trinajstić information content (AvgIpc) is 2.28. The summed E-state index contributed by atoms with van der Waals surface area (Å²) in [6.45, 7) is 0. The Bertz CT molecular complexity index is 525. The van der Waals surface area contributed by atoms with Crippen molar-refractivity contribution in [2.24, 2.45) is 0 Å². The maximum Gasteiger partial charge on any atom is 0.340 e. The molecule has 0 aliphatic carbocycles. The minimum absolute atomic E-state index is 0.388. The van der Waals surface area contributed by atoms with Crippen LogP contribution in [0.3, 0.4) is 0 Å². The Morgan fingerprint density at radius 3 is 2.93 bits per heavy atom. The molecule has 0 aliphatic rings. The van der Waals surface area contributed by atoms with E-state index in [2.05, 4.69) is 9.72 Å². The van der Waals surface area contributed by atoms with E-state index in [1.54, 1.807) is 24.5 Å². The van der Waals surface area contributed by atoms with Gasteiger partial charge in [-0.2, -0.15) is 0 Å². The number of fused-ring (bicyclic) bond motifs is 1. The maximum absolute atomic E-state index is 11.5. The lowest BCUT2D eigenvalue weighted by Crippen LogP contribution is -2.03. The molecule has 1 aromatic carbocycles. The van der Waals surface area contributed by atoms with E-state index < -0.39 is 5.97 Å². The van der Waals surface area contributed by atoms with Gasteiger partial charge in [0, 0.05) is 23.2 Å². The third kappa shape index (κ3) is 1.66. The third-order valence-electron chi connectivity index (χ3n) is 2.16. The van der Waals surface area contributed by atoms with E-state index in [0.717, 1.165) is 10.8 Å². The summed E-state index contributed by atoms with van der Waals surface area (Å²) >= 11 is 5.96. The lowest BCUT2D eigenvalue weighted by atomic mass is 10.1. The van der Waals surface area contributed by atoms with Crippen LogP contribution >= 0.6 is 11.6 Å². The number of ether oxygens (including phenoxy) is 1. The van der Waals surface area contributed by atoms with E-state index in [1.165, 1.54) is 7.11 Å². The van der Waals surface area contributed by atoms with Crippen molar-refractivity contribution in [1.29, 1.82) is 0 Å². The van der Waals surface area contributed by atoms with Gasteiger partial charge in [0.25, 0.3) is 0 Å². The van der Waals surface area contributed by atoms with Crippen molar-refractivity contribution in [3.63, 3.8) is 0 Å². The van der Waals surface area contributed by atoms with Gasteiger partial charge in [0.15, 0.2) is 0 Å². The number of carbonyl (C=O) groups is 1. The first-order valence-electron chi connectivity index (χ1n) is 4.34. The fraction of sp³-hybridized carbons (Fsp3) is 0.0909. The van der Waals surface area contributed by atoms with Gasteiger partial charge in [0.2, 0.25) is 0 Å². The summed E-state index contributed by atoms with van der Waals surface area (Å²) in [4.78, 5) is 15.5. The molecule has 0 amide bonds. The number of esters is 1. The summed E-state index contributed by atoms with van der Waals surface area (Å²) in [6.07, 6.45) is 3.29. The number of hydrogen-bond donors (Lipinski definition) is 0. The molecule has 2 rings (SSSR count). The normalized spacial score (nSPS) is 10.3. The van der Waals surface area contributed by atoms with Crippen LogP contribution in [0.2, 0.25) is 5.02 Å². The highest BCUT2D eigenvalue weighted by Crippen LogP contribution is 2.25. The van der Waals surface area contributed by atoms with E-state index in [-0.39, 0.29) is 0 Å². The van der Waals surface area contributed by atoms with Crippen molar-refractivity contribution in [2.75, 3.05) is 7.11 Å². The highest BCUT2D eigenvalue weighted by Gasteiger charge is 2.14. The van der Waals surface area contributed by atoms with Crippen molar-refractivity contribution >= 4 is 28.3 Å². The number of halogens is 1. The van der Waals surface area contributed by atoms with Crippen LogP contribution in [-0.4, -0.2) is 18.1 Å². The second kappa shape index (κ2) is 3.87. The zero-order valence-corrected chi connectivity index (χ0v) is 8.78. The van der Waals surface area contributed by atoms with E-state index in [4.69, 9.17) is 11.6 Å². The van der Waals surface area contributed by atoms with Gasteiger partial charge < -0.3 is 4.74 Å². The molecule has 3 nitrogen and oxygen atoms in total. The van der Waals surface area contributed by atoms with Crippen LogP contribution in [0, 0.1) is 0 Å². The molecular formula is C11H8ClNO2. The van der Waals surface area contributed by atoms with Gasteiger partial charge in [-0.3, -0.25) is 4.98 Å². The van der Waals surface area contributed by atoms with Gasteiger partial charge in [-0.15, -0.1) is 0 Å². The third-order valence-corrected chi connectivity index (χ3v) is 2.47. The molecule has 4 heteroatoms. The molecule has 0 bridgehead atoms. The van der Waals surface area contributed by atoms with E-state index in [9.17, 15) is 4.79 Å². The zero-order valence-electron chi connectivity index (χ0n) is 8.03. The highest BCUT2D eigenvalue weighted by molar-refractivity contribution is 6.35. The van der Waals surface area contributed by atoms with E-state index >= 15 is 0 Å². The molecule has 0 radical (unpaired) electrons. The number of methoxy groups -OCH3 is 1. The number of rotatable bonds is 1. The molecular weight excluding hydrogens is 214 g/mol. The monoisotopic (exact) mass is 221 g/mol. The van der Waals surface area contributed by atoms with Crippen molar-refractivity contribution in [3.8, 4) is 0 Å². The second-order valence-corrected chi connectivity index (χ2v) is 3.42. The van der Waals surface area contributed by atoms with Crippen molar-refractivity contribution < 1.29 is 9.53 Å². The van der Waals surface area contributed by atoms with Gasteiger partial charge >= 0.3 is 5.97 Å². The maximum atomic E-state index is 11.5. The largest absolute Gasteiger partial charge is 0.465 e. The lowest BCUT2D eigenvalue weighted by Gasteiger charge is -2.05. The highest BCUT2D eigenvalue weighted by atomic mass is 35.5. The van der Waals surface area contributed by atoms with Crippen LogP contribution in [0.5, 0.6) is 0 Å². The summed E-state index contributed by atoms with van der Waals surface area (Å²) < 4.78 is 4.68. The van der Waals surface area contributed by atoms with Crippen LogP contribution in [-0.2, 0) is 4.74 Å². The number of hydrogen-bond acceptors (Lipinski definition) is 3. The molecule has 0 unspecified atom stereocenters. The van der Waals surface area contributed by atoms with Crippen LogP contribution in [0.1, 0.15) is 10.4 Å². The molecule has 0 aliphatic heterocycles. The first-order valence-corrected chi connectivity index (χ1v) is 4.72. The Labute approximate surface area is 91.6 Å². The van der Waals surface area contributed by atoms with Gasteiger partial charge in [-0.1, -0.05) is 17.7 Å². The number of aromatic nitrogens is 1. The van der Waals surface area contributed by atoms with Crippen LogP contribution in [0.25, 0.3) is 10.8 Å². The molecule has 0 N–H and O–H groups in total. The number of carbonyl (C=O) groups excluding carboxylic acids is 1. The topological polar surface area (TPSA) is 39.2 Å². The predicted molar refractivity (Wildman–Crippen MR) is 58.1 cm³/mol. The van der Waals surface area contributed by atoms with Crippen molar-refractivity contribution in [3.05, 3.63) is 41.2 Å². The van der Waals surface area contributed by atoms with Crippen LogP contribution in [0.15, 0.2) is 30.6 Å². The Hall–Kier alpha value is -1.61. The summed E-state index contributed by atoms with van der Waals surface area (Å²) in [6, 6.07) is 5.22. The zero-order chi connectivity index (χ0) is 10.8. The molecule has 0 spiro atoms. The lowest BCUT2D eigenvalue weighted by molar-refractivity contribution is 0.0603. The molecule has 2 aromatic rings. The summed E-state index contributed by atoms with van der Waals surface area (Å²) in [7, 11) is 1.33. The van der Waals surface area contributed by atoms with Crippen molar-refractivity contribution in [1.82, 2.24) is 4.98 Å². The number of pyridine rings is 1. The number of nitrogens with zero attached hydrogens (tertiary/aromatic N) is 1. The Balaban J connectivity index is 2.79. The Morgan fingerprint density at radius 2 is 2.20 bits per heavy atom. The first kappa shape index (κ1) is 9.93. The minimum Gasteiger partial charge on any atom is -0.465 e. The fourth-order valence-electron chi connectivity index (χ4n) is 1.45. The average molecular weight is 222 g/mol. The summed E-state index contributed by atoms with van der Waals surface area (Å²) in [5.41, 5.74) is 0.388. The van der Waals surface area contributed by atoms with E-state index in [1.807, 2.05) is 6.07 Å². The minimum atomic E-state index is -0.434. The quantitative estimate of drug-likeness (QED) is 0.695. The van der Waals surface area contributed by atoms with Crippen LogP contribution in [0.4, 0.5) is 0 Å². The molecule has 0 saturated carbocycles. The first-order chi connectivity index (χ1) is 7.24. The smallest absolute Gasteiger partial charge is 0.340 e. The van der Waals surface area contributed by atoms with Crippen LogP contribution < -0.4 is 0 Å². The Kier molecular flexibility index (Phi) is 2.56. The standard InChI is InChI=1S/C11H8ClNO2/c1-15-11(14)10-8-4-5-13-6-7(8)2-3-9(10)12/h2-6H,1H3. The summed E-state index contributed by atoms with van der Waals surface area (Å²) in [5, 5.41) is 2.01. The molecule has 1 aromatic heterocycles. The van der Waals surface area contributed by atoms with Crippen molar-refractivity contribution in [2.45, 2.75) is 0 Å². The second-order valence-electron chi connectivity index (χ2n) is 3.01. The van der Waals surface area contributed by atoms with Gasteiger partial charge in [0.05, 0.1) is 17.7 Å². The Morgan fingerprint density at radius 1 is 1.40 bits per heavy atom. The fourth-order valence-corrected chi connectivity index (χ4v) is 1.69. The SMILES string of the molecule is COC(=O)c1c(Cl)ccc2cnccc12. The molecule has 0 fully saturated rings. The molecule has 1 heterocycles. The van der Waals surface area contributed by atoms with Gasteiger partial charge in [0.1, 0.15) is 0 Å². The summed E-state index contributed by atoms with van der Waals surface area (Å²) in [5.74, 6) is -0.434. The van der Waals surface area contributed by atoms with Gasteiger partial charge in [-0.05, 0) is 12.1 Å². The number of benzene rings is 1. The van der Waals surface area contributed by atoms with E-state index in [0.29, 0.717) is 10.6 Å². The predicted octanol–water partition coefficient (Wildman–Crippen LogP) is 2.67. The molecule has 76 valence electrons. The molecule has 15 heavy (non-hydrogen) atoms.